The predicted octanol–water partition coefficient (Wildman–Crippen LogP) is 3.17. The second kappa shape index (κ2) is 5.16. The zero-order valence-corrected chi connectivity index (χ0v) is 11.4. The highest BCUT2D eigenvalue weighted by Gasteiger charge is 2.21. The molecule has 1 aromatic rings. The first-order valence-corrected chi connectivity index (χ1v) is 7.11. The zero-order chi connectivity index (χ0) is 13.3. The van der Waals surface area contributed by atoms with E-state index in [0.29, 0.717) is 14.8 Å². The Kier molecular flexibility index (Phi) is 3.77. The van der Waals surface area contributed by atoms with Crippen molar-refractivity contribution in [3.05, 3.63) is 34.0 Å². The molecule has 1 aliphatic rings. The third-order valence-electron chi connectivity index (χ3n) is 2.46. The Morgan fingerprint density at radius 2 is 2.22 bits per heavy atom. The van der Waals surface area contributed by atoms with Gasteiger partial charge in [0, 0.05) is 11.1 Å². The summed E-state index contributed by atoms with van der Waals surface area (Å²) in [6, 6.07) is 2.71. The molecule has 0 saturated heterocycles. The lowest BCUT2D eigenvalue weighted by Gasteiger charge is -2.04. The number of thioether (sulfide) groups is 2. The monoisotopic (exact) mass is 283 g/mol. The Labute approximate surface area is 112 Å². The van der Waals surface area contributed by atoms with Gasteiger partial charge >= 0.3 is 0 Å². The fraction of sp³-hybridized carbons (Fsp3) is 0.167. The SMILES string of the molecule is CSC1=NC(=O)/C(=C/c2ccc(F)c(C)c2O)S1. The maximum atomic E-state index is 13.2. The molecule has 1 aliphatic heterocycles. The van der Waals surface area contributed by atoms with Gasteiger partial charge in [-0.2, -0.15) is 4.99 Å². The van der Waals surface area contributed by atoms with E-state index in [-0.39, 0.29) is 17.2 Å². The second-order valence-electron chi connectivity index (χ2n) is 3.61. The number of halogens is 1. The minimum absolute atomic E-state index is 0.145. The van der Waals surface area contributed by atoms with Crippen molar-refractivity contribution in [2.75, 3.05) is 6.26 Å². The predicted molar refractivity (Wildman–Crippen MR) is 74.3 cm³/mol. The van der Waals surface area contributed by atoms with Gasteiger partial charge in [0.25, 0.3) is 5.91 Å². The molecule has 0 radical (unpaired) electrons. The summed E-state index contributed by atoms with van der Waals surface area (Å²) in [6.45, 7) is 1.49. The Bertz CT molecular complexity index is 582. The first kappa shape index (κ1) is 13.2. The number of aromatic hydroxyl groups is 1. The number of hydrogen-bond donors (Lipinski definition) is 1. The molecule has 0 unspecified atom stereocenters. The maximum absolute atomic E-state index is 13.2. The number of rotatable bonds is 1. The molecule has 0 fully saturated rings. The van der Waals surface area contributed by atoms with Crippen LogP contribution in [0.3, 0.4) is 0 Å². The van der Waals surface area contributed by atoms with Crippen molar-refractivity contribution in [3.63, 3.8) is 0 Å². The zero-order valence-electron chi connectivity index (χ0n) is 9.73. The van der Waals surface area contributed by atoms with Crippen LogP contribution < -0.4 is 0 Å². The van der Waals surface area contributed by atoms with Crippen LogP contribution in [0.1, 0.15) is 11.1 Å². The summed E-state index contributed by atoms with van der Waals surface area (Å²) < 4.78 is 13.9. The Balaban J connectivity index is 2.36. The summed E-state index contributed by atoms with van der Waals surface area (Å²) in [5.74, 6) is -0.944. The normalized spacial score (nSPS) is 17.4. The van der Waals surface area contributed by atoms with Gasteiger partial charge in [0.05, 0.1) is 4.91 Å². The van der Waals surface area contributed by atoms with Gasteiger partial charge in [-0.25, -0.2) is 4.39 Å². The molecule has 0 spiro atoms. The third-order valence-corrected chi connectivity index (χ3v) is 4.43. The van der Waals surface area contributed by atoms with Crippen LogP contribution in [-0.4, -0.2) is 21.6 Å². The topological polar surface area (TPSA) is 49.7 Å². The van der Waals surface area contributed by atoms with Gasteiger partial charge in [-0.05, 0) is 31.4 Å². The number of amides is 1. The molecule has 0 atom stereocenters. The van der Waals surface area contributed by atoms with E-state index < -0.39 is 5.82 Å². The number of hydrogen-bond acceptors (Lipinski definition) is 4. The Morgan fingerprint density at radius 3 is 2.83 bits per heavy atom. The number of phenolic OH excluding ortho intramolecular Hbond substituents is 1. The van der Waals surface area contributed by atoms with Crippen molar-refractivity contribution in [1.29, 1.82) is 0 Å². The minimum atomic E-state index is -0.471. The molecule has 6 heteroatoms. The molecule has 94 valence electrons. The van der Waals surface area contributed by atoms with E-state index in [1.807, 2.05) is 6.26 Å². The van der Waals surface area contributed by atoms with Crippen LogP contribution in [0.5, 0.6) is 5.75 Å². The van der Waals surface area contributed by atoms with Gasteiger partial charge in [-0.15, -0.1) is 11.8 Å². The molecule has 1 N–H and O–H groups in total. The van der Waals surface area contributed by atoms with E-state index in [4.69, 9.17) is 0 Å². The highest BCUT2D eigenvalue weighted by atomic mass is 32.2. The van der Waals surface area contributed by atoms with Gasteiger partial charge in [0.1, 0.15) is 15.9 Å². The summed E-state index contributed by atoms with van der Waals surface area (Å²) in [5.41, 5.74) is 0.591. The van der Waals surface area contributed by atoms with Crippen LogP contribution in [0.2, 0.25) is 0 Å². The number of aliphatic imine (C=N–C) groups is 1. The molecule has 0 bridgehead atoms. The van der Waals surface area contributed by atoms with Crippen LogP contribution in [0.4, 0.5) is 4.39 Å². The summed E-state index contributed by atoms with van der Waals surface area (Å²) in [7, 11) is 0. The number of nitrogens with zero attached hydrogens (tertiary/aromatic N) is 1. The maximum Gasteiger partial charge on any atom is 0.285 e. The summed E-state index contributed by atoms with van der Waals surface area (Å²) in [6.07, 6.45) is 3.36. The van der Waals surface area contributed by atoms with Crippen LogP contribution >= 0.6 is 23.5 Å². The van der Waals surface area contributed by atoms with Gasteiger partial charge in [-0.3, -0.25) is 4.79 Å². The smallest absolute Gasteiger partial charge is 0.285 e. The molecule has 3 nitrogen and oxygen atoms in total. The van der Waals surface area contributed by atoms with Gasteiger partial charge in [0.15, 0.2) is 0 Å². The van der Waals surface area contributed by atoms with E-state index >= 15 is 0 Å². The summed E-state index contributed by atoms with van der Waals surface area (Å²) in [4.78, 5) is 15.8. The van der Waals surface area contributed by atoms with Gasteiger partial charge in [0.2, 0.25) is 0 Å². The van der Waals surface area contributed by atoms with Crippen LogP contribution in [0.25, 0.3) is 6.08 Å². The van der Waals surface area contributed by atoms with Crippen LogP contribution in [0, 0.1) is 12.7 Å². The average molecular weight is 283 g/mol. The Morgan fingerprint density at radius 1 is 1.50 bits per heavy atom. The Hall–Kier alpha value is -1.27. The molecular weight excluding hydrogens is 273 g/mol. The fourth-order valence-corrected chi connectivity index (χ4v) is 2.84. The van der Waals surface area contributed by atoms with Crippen molar-refractivity contribution in [3.8, 4) is 5.75 Å². The lowest BCUT2D eigenvalue weighted by atomic mass is 10.1. The van der Waals surface area contributed by atoms with Crippen molar-refractivity contribution in [1.82, 2.24) is 0 Å². The molecule has 0 aliphatic carbocycles. The molecule has 18 heavy (non-hydrogen) atoms. The lowest BCUT2D eigenvalue weighted by molar-refractivity contribution is -0.113. The number of carbonyl (C=O) groups excluding carboxylic acids is 1. The standard InChI is InChI=1S/C12H10FNO2S2/c1-6-8(13)4-3-7(10(6)15)5-9-11(16)14-12(17-2)18-9/h3-5,15H,1-2H3/b9-5-. The van der Waals surface area contributed by atoms with E-state index in [9.17, 15) is 14.3 Å². The number of phenols is 1. The minimum Gasteiger partial charge on any atom is -0.507 e. The van der Waals surface area contributed by atoms with Gasteiger partial charge < -0.3 is 5.11 Å². The number of benzene rings is 1. The molecular formula is C12H10FNO2S2. The molecule has 1 amide bonds. The average Bonchev–Trinajstić information content (AvgIpc) is 2.71. The van der Waals surface area contributed by atoms with E-state index in [1.54, 1.807) is 0 Å². The van der Waals surface area contributed by atoms with Crippen LogP contribution in [0.15, 0.2) is 22.0 Å². The van der Waals surface area contributed by atoms with E-state index in [2.05, 4.69) is 4.99 Å². The summed E-state index contributed by atoms with van der Waals surface area (Å²) >= 11 is 2.64. The second-order valence-corrected chi connectivity index (χ2v) is 5.69. The van der Waals surface area contributed by atoms with E-state index in [0.717, 1.165) is 0 Å². The lowest BCUT2D eigenvalue weighted by Crippen LogP contribution is -1.90. The van der Waals surface area contributed by atoms with Gasteiger partial charge in [-0.1, -0.05) is 11.8 Å². The van der Waals surface area contributed by atoms with Crippen LogP contribution in [-0.2, 0) is 4.79 Å². The molecule has 1 aromatic carbocycles. The third kappa shape index (κ3) is 2.44. The molecule has 0 aromatic heterocycles. The molecule has 1 heterocycles. The quantitative estimate of drug-likeness (QED) is 0.804. The number of carbonyl (C=O) groups is 1. The molecule has 2 rings (SSSR count). The first-order valence-electron chi connectivity index (χ1n) is 5.07. The van der Waals surface area contributed by atoms with Crippen molar-refractivity contribution in [2.45, 2.75) is 6.92 Å². The van der Waals surface area contributed by atoms with Crippen molar-refractivity contribution >= 4 is 39.9 Å². The highest BCUT2D eigenvalue weighted by Crippen LogP contribution is 2.35. The molecule has 0 saturated carbocycles. The largest absolute Gasteiger partial charge is 0.507 e. The fourth-order valence-electron chi connectivity index (χ4n) is 1.43. The van der Waals surface area contributed by atoms with E-state index in [1.165, 1.54) is 48.7 Å². The summed E-state index contributed by atoms with van der Waals surface area (Å²) in [5, 5.41) is 9.80. The first-order chi connectivity index (χ1) is 8.52. The van der Waals surface area contributed by atoms with Crippen molar-refractivity contribution in [2.24, 2.45) is 4.99 Å². The van der Waals surface area contributed by atoms with Crippen molar-refractivity contribution < 1.29 is 14.3 Å². The highest BCUT2D eigenvalue weighted by molar-refractivity contribution is 8.40.